The number of hydrogen-bond donors (Lipinski definition) is 1. The third-order valence-electron chi connectivity index (χ3n) is 6.33. The zero-order valence-corrected chi connectivity index (χ0v) is 19.8. The summed E-state index contributed by atoms with van der Waals surface area (Å²) in [6.07, 6.45) is 0.900. The lowest BCUT2D eigenvalue weighted by Crippen LogP contribution is -2.48. The second kappa shape index (κ2) is 9.57. The molecule has 1 saturated heterocycles. The summed E-state index contributed by atoms with van der Waals surface area (Å²) in [5.74, 6) is 1.43. The number of nitrogens with zero attached hydrogens (tertiary/aromatic N) is 1. The average Bonchev–Trinajstić information content (AvgIpc) is 3.16. The fourth-order valence-electron chi connectivity index (χ4n) is 4.35. The lowest BCUT2D eigenvalue weighted by Gasteiger charge is -2.37. The Morgan fingerprint density at radius 1 is 1.12 bits per heavy atom. The molecule has 1 aliphatic heterocycles. The SMILES string of the molecule is Cc1ccccc1C(=O)c1sc2cc(O)ccc2c1Oc1ccc(CCN2CC(CF)C2)cc1. The summed E-state index contributed by atoms with van der Waals surface area (Å²) in [5, 5.41) is 10.7. The van der Waals surface area contributed by atoms with Gasteiger partial charge in [0.2, 0.25) is 5.78 Å². The molecule has 34 heavy (non-hydrogen) atoms. The molecule has 5 rings (SSSR count). The Hall–Kier alpha value is -3.22. The van der Waals surface area contributed by atoms with Gasteiger partial charge in [0.05, 0.1) is 6.67 Å². The van der Waals surface area contributed by atoms with E-state index in [1.54, 1.807) is 18.2 Å². The number of alkyl halides is 1. The van der Waals surface area contributed by atoms with E-state index in [-0.39, 0.29) is 24.1 Å². The van der Waals surface area contributed by atoms with Crippen molar-refractivity contribution in [1.82, 2.24) is 4.90 Å². The predicted molar refractivity (Wildman–Crippen MR) is 134 cm³/mol. The number of likely N-dealkylation sites (tertiary alicyclic amines) is 1. The summed E-state index contributed by atoms with van der Waals surface area (Å²) in [6.45, 7) is 4.30. The molecule has 4 aromatic rings. The van der Waals surface area contributed by atoms with Crippen LogP contribution in [0.1, 0.15) is 26.4 Å². The molecule has 174 valence electrons. The number of phenolic OH excluding ortho intramolecular Hbond substituents is 1. The average molecular weight is 476 g/mol. The molecular weight excluding hydrogens is 449 g/mol. The minimum atomic E-state index is -0.228. The summed E-state index contributed by atoms with van der Waals surface area (Å²) in [5.41, 5.74) is 2.73. The number of carbonyl (C=O) groups excluding carboxylic acids is 1. The zero-order chi connectivity index (χ0) is 23.7. The molecule has 1 aromatic heterocycles. The number of aryl methyl sites for hydroxylation is 1. The van der Waals surface area contributed by atoms with Crippen LogP contribution in [-0.4, -0.2) is 42.1 Å². The molecule has 0 radical (unpaired) electrons. The number of rotatable bonds is 8. The van der Waals surface area contributed by atoms with Gasteiger partial charge in [-0.1, -0.05) is 36.4 Å². The molecule has 3 aromatic carbocycles. The molecule has 0 unspecified atom stereocenters. The van der Waals surface area contributed by atoms with E-state index in [2.05, 4.69) is 4.90 Å². The maximum Gasteiger partial charge on any atom is 0.207 e. The van der Waals surface area contributed by atoms with Crippen LogP contribution in [0, 0.1) is 12.8 Å². The Balaban J connectivity index is 1.39. The Labute approximate surface area is 202 Å². The van der Waals surface area contributed by atoms with Gasteiger partial charge in [0.1, 0.15) is 16.4 Å². The lowest BCUT2D eigenvalue weighted by molar-refractivity contribution is 0.0824. The summed E-state index contributed by atoms with van der Waals surface area (Å²) in [4.78, 5) is 16.2. The highest BCUT2D eigenvalue weighted by atomic mass is 32.1. The van der Waals surface area contributed by atoms with Crippen LogP contribution in [0.4, 0.5) is 4.39 Å². The number of phenols is 1. The van der Waals surface area contributed by atoms with Crippen molar-refractivity contribution in [2.75, 3.05) is 26.3 Å². The normalized spacial score (nSPS) is 14.3. The Morgan fingerprint density at radius 2 is 1.88 bits per heavy atom. The van der Waals surface area contributed by atoms with E-state index in [4.69, 9.17) is 4.74 Å². The number of benzene rings is 3. The molecule has 0 atom stereocenters. The first-order chi connectivity index (χ1) is 16.5. The third-order valence-corrected chi connectivity index (χ3v) is 7.47. The Bertz CT molecular complexity index is 1330. The molecule has 2 heterocycles. The lowest BCUT2D eigenvalue weighted by atomic mass is 10.0. The molecule has 0 saturated carbocycles. The van der Waals surface area contributed by atoms with Crippen molar-refractivity contribution in [3.63, 3.8) is 0 Å². The molecular formula is C28H26FNO3S. The fourth-order valence-corrected chi connectivity index (χ4v) is 5.47. The number of hydrogen-bond acceptors (Lipinski definition) is 5. The van der Waals surface area contributed by atoms with E-state index >= 15 is 0 Å². The monoisotopic (exact) mass is 475 g/mol. The topological polar surface area (TPSA) is 49.8 Å². The van der Waals surface area contributed by atoms with Gasteiger partial charge in [-0.15, -0.1) is 11.3 Å². The standard InChI is InChI=1S/C28H26FNO3S/c1-18-4-2-3-5-23(18)26(32)28-27(24-11-8-21(31)14-25(24)34-28)33-22-9-6-19(7-10-22)12-13-30-16-20(15-29)17-30/h2-11,14,20,31H,12-13,15-17H2,1H3. The summed E-state index contributed by atoms with van der Waals surface area (Å²) in [7, 11) is 0. The van der Waals surface area contributed by atoms with Crippen molar-refractivity contribution >= 4 is 27.2 Å². The maximum atomic E-state index is 13.5. The summed E-state index contributed by atoms with van der Waals surface area (Å²) >= 11 is 1.33. The second-order valence-corrected chi connectivity index (χ2v) is 9.91. The van der Waals surface area contributed by atoms with Crippen LogP contribution in [0.25, 0.3) is 10.1 Å². The van der Waals surface area contributed by atoms with Crippen molar-refractivity contribution in [3.05, 3.63) is 88.3 Å². The van der Waals surface area contributed by atoms with Gasteiger partial charge in [-0.3, -0.25) is 9.18 Å². The van der Waals surface area contributed by atoms with E-state index in [1.807, 2.05) is 55.5 Å². The van der Waals surface area contributed by atoms with E-state index in [9.17, 15) is 14.3 Å². The van der Waals surface area contributed by atoms with Crippen LogP contribution in [-0.2, 0) is 6.42 Å². The highest BCUT2D eigenvalue weighted by Crippen LogP contribution is 2.42. The van der Waals surface area contributed by atoms with Crippen molar-refractivity contribution in [2.24, 2.45) is 5.92 Å². The number of thiophene rings is 1. The second-order valence-electron chi connectivity index (χ2n) is 8.86. The minimum Gasteiger partial charge on any atom is -0.508 e. The number of ether oxygens (including phenoxy) is 1. The maximum absolute atomic E-state index is 13.5. The molecule has 1 aliphatic rings. The van der Waals surface area contributed by atoms with Gasteiger partial charge in [0.25, 0.3) is 0 Å². The van der Waals surface area contributed by atoms with E-state index in [0.29, 0.717) is 21.9 Å². The molecule has 4 nitrogen and oxygen atoms in total. The van der Waals surface area contributed by atoms with Crippen LogP contribution in [0.2, 0.25) is 0 Å². The zero-order valence-electron chi connectivity index (χ0n) is 19.0. The van der Waals surface area contributed by atoms with Gasteiger partial charge in [0, 0.05) is 41.2 Å². The molecule has 1 fully saturated rings. The number of ketones is 1. The van der Waals surface area contributed by atoms with Crippen LogP contribution in [0.3, 0.4) is 0 Å². The van der Waals surface area contributed by atoms with Crippen LogP contribution < -0.4 is 4.74 Å². The molecule has 0 amide bonds. The Morgan fingerprint density at radius 3 is 2.62 bits per heavy atom. The third kappa shape index (κ3) is 4.56. The van der Waals surface area contributed by atoms with Gasteiger partial charge >= 0.3 is 0 Å². The summed E-state index contributed by atoms with van der Waals surface area (Å²) in [6, 6.07) is 20.5. The largest absolute Gasteiger partial charge is 0.508 e. The van der Waals surface area contributed by atoms with Crippen LogP contribution in [0.15, 0.2) is 66.7 Å². The van der Waals surface area contributed by atoms with E-state index in [0.717, 1.165) is 41.7 Å². The van der Waals surface area contributed by atoms with Crippen molar-refractivity contribution in [1.29, 1.82) is 0 Å². The van der Waals surface area contributed by atoms with Gasteiger partial charge < -0.3 is 14.7 Å². The fraction of sp³-hybridized carbons (Fsp3) is 0.250. The first kappa shape index (κ1) is 22.6. The van der Waals surface area contributed by atoms with Crippen LogP contribution in [0.5, 0.6) is 17.2 Å². The van der Waals surface area contributed by atoms with Gasteiger partial charge in [0.15, 0.2) is 5.75 Å². The highest BCUT2D eigenvalue weighted by molar-refractivity contribution is 7.21. The Kier molecular flexibility index (Phi) is 6.35. The predicted octanol–water partition coefficient (Wildman–Crippen LogP) is 6.38. The summed E-state index contributed by atoms with van der Waals surface area (Å²) < 4.78 is 19.7. The van der Waals surface area contributed by atoms with Gasteiger partial charge in [-0.25, -0.2) is 0 Å². The number of carbonyl (C=O) groups is 1. The molecule has 6 heteroatoms. The first-order valence-corrected chi connectivity index (χ1v) is 12.2. The number of aromatic hydroxyl groups is 1. The highest BCUT2D eigenvalue weighted by Gasteiger charge is 2.26. The molecule has 0 bridgehead atoms. The van der Waals surface area contributed by atoms with E-state index in [1.165, 1.54) is 16.9 Å². The van der Waals surface area contributed by atoms with Crippen molar-refractivity contribution in [2.45, 2.75) is 13.3 Å². The number of halogens is 1. The van der Waals surface area contributed by atoms with Gasteiger partial charge in [-0.2, -0.15) is 0 Å². The smallest absolute Gasteiger partial charge is 0.207 e. The first-order valence-electron chi connectivity index (χ1n) is 11.4. The van der Waals surface area contributed by atoms with Crippen molar-refractivity contribution < 1.29 is 19.0 Å². The quantitative estimate of drug-likeness (QED) is 0.300. The minimum absolute atomic E-state index is 0.0912. The molecule has 0 aliphatic carbocycles. The number of fused-ring (bicyclic) bond motifs is 1. The van der Waals surface area contributed by atoms with Crippen molar-refractivity contribution in [3.8, 4) is 17.2 Å². The molecule has 1 N–H and O–H groups in total. The van der Waals surface area contributed by atoms with E-state index < -0.39 is 0 Å². The van der Waals surface area contributed by atoms with Crippen LogP contribution >= 0.6 is 11.3 Å². The van der Waals surface area contributed by atoms with Gasteiger partial charge in [-0.05, 0) is 54.8 Å². The molecule has 0 spiro atoms.